The third kappa shape index (κ3) is 7.31. The zero-order valence-electron chi connectivity index (χ0n) is 18.0. The second-order valence-corrected chi connectivity index (χ2v) is 9.92. The summed E-state index contributed by atoms with van der Waals surface area (Å²) in [5, 5.41) is 4.18. The Balaban J connectivity index is 1.75. The Hall–Kier alpha value is -2.41. The van der Waals surface area contributed by atoms with Gasteiger partial charge in [0.2, 0.25) is 5.91 Å². The number of hydrogen-bond acceptors (Lipinski definition) is 2. The van der Waals surface area contributed by atoms with Crippen molar-refractivity contribution < 1.29 is 40.3 Å². The van der Waals surface area contributed by atoms with Crippen LogP contribution in [-0.2, 0) is 4.79 Å². The lowest BCUT2D eigenvalue weighted by molar-refractivity contribution is -0.140. The second kappa shape index (κ2) is 10.5. The molecule has 1 atom stereocenters. The first kappa shape index (κ1) is 28.2. The normalized spacial score (nSPS) is 16.0. The van der Waals surface area contributed by atoms with Crippen LogP contribution in [0.2, 0.25) is 0 Å². The molecule has 0 radical (unpaired) electrons. The predicted molar refractivity (Wildman–Crippen MR) is 125 cm³/mol. The van der Waals surface area contributed by atoms with E-state index in [-0.39, 0.29) is 38.5 Å². The molecule has 2 aromatic carbocycles. The highest BCUT2D eigenvalue weighted by atomic mass is 79.9. The molecule has 0 saturated heterocycles. The van der Waals surface area contributed by atoms with Crippen molar-refractivity contribution in [3.63, 3.8) is 0 Å². The van der Waals surface area contributed by atoms with E-state index < -0.39 is 48.0 Å². The first-order chi connectivity index (χ1) is 16.6. The van der Waals surface area contributed by atoms with Crippen molar-refractivity contribution in [3.05, 3.63) is 73.9 Å². The highest BCUT2D eigenvalue weighted by Crippen LogP contribution is 2.38. The molecule has 3 rings (SSSR count). The molecule has 0 aliphatic heterocycles. The fourth-order valence-electron chi connectivity index (χ4n) is 3.36. The zero-order valence-corrected chi connectivity index (χ0v) is 21.2. The lowest BCUT2D eigenvalue weighted by atomic mass is 9.97. The van der Waals surface area contributed by atoms with Gasteiger partial charge in [0.25, 0.3) is 5.91 Å². The topological polar surface area (TPSA) is 58.2 Å². The summed E-state index contributed by atoms with van der Waals surface area (Å²) in [5.74, 6) is -4.63. The van der Waals surface area contributed by atoms with Gasteiger partial charge in [-0.25, -0.2) is 4.39 Å². The van der Waals surface area contributed by atoms with Gasteiger partial charge in [-0.15, -0.1) is 0 Å². The minimum absolute atomic E-state index is 0.0310. The average molecular weight is 646 g/mol. The van der Waals surface area contributed by atoms with Crippen molar-refractivity contribution in [2.75, 3.05) is 6.54 Å². The number of carbonyl (C=O) groups excluding carboxylic acids is 2. The Labute approximate surface area is 217 Å². The van der Waals surface area contributed by atoms with Gasteiger partial charge in [0.15, 0.2) is 0 Å². The number of nitrogens with one attached hydrogen (secondary N) is 2. The molecule has 36 heavy (non-hydrogen) atoms. The van der Waals surface area contributed by atoms with Crippen molar-refractivity contribution in [1.29, 1.82) is 0 Å². The number of allylic oxidation sites excluding steroid dienone is 1. The molecule has 13 heteroatoms. The van der Waals surface area contributed by atoms with E-state index in [9.17, 15) is 40.3 Å². The Bertz CT molecular complexity index is 1170. The van der Waals surface area contributed by atoms with Gasteiger partial charge >= 0.3 is 12.4 Å². The van der Waals surface area contributed by atoms with Gasteiger partial charge in [-0.1, -0.05) is 34.1 Å². The molecule has 1 aliphatic carbocycles. The minimum atomic E-state index is -4.70. The van der Waals surface area contributed by atoms with Gasteiger partial charge in [0.1, 0.15) is 17.9 Å². The summed E-state index contributed by atoms with van der Waals surface area (Å²) in [5.41, 5.74) is -1.44. The third-order valence-electron chi connectivity index (χ3n) is 5.30. The van der Waals surface area contributed by atoms with Gasteiger partial charge in [-0.05, 0) is 70.2 Å². The highest BCUT2D eigenvalue weighted by molar-refractivity contribution is 9.10. The number of alkyl halides is 6. The van der Waals surface area contributed by atoms with Crippen molar-refractivity contribution in [3.8, 4) is 0 Å². The van der Waals surface area contributed by atoms with Crippen molar-refractivity contribution in [2.24, 2.45) is 0 Å². The van der Waals surface area contributed by atoms with E-state index >= 15 is 0 Å². The number of rotatable bonds is 7. The number of benzene rings is 2. The van der Waals surface area contributed by atoms with Crippen LogP contribution in [0.15, 0.2) is 51.4 Å². The third-order valence-corrected chi connectivity index (χ3v) is 6.42. The van der Waals surface area contributed by atoms with Crippen LogP contribution < -0.4 is 10.6 Å². The van der Waals surface area contributed by atoms with Crippen LogP contribution in [0.5, 0.6) is 0 Å². The van der Waals surface area contributed by atoms with E-state index in [0.29, 0.717) is 0 Å². The molecule has 0 aromatic heterocycles. The molecular weight excluding hydrogens is 629 g/mol. The molecule has 2 aromatic rings. The highest BCUT2D eigenvalue weighted by Gasteiger charge is 2.52. The lowest BCUT2D eigenvalue weighted by Gasteiger charge is -2.19. The number of amides is 2. The van der Waals surface area contributed by atoms with Crippen LogP contribution in [0, 0.1) is 5.82 Å². The summed E-state index contributed by atoms with van der Waals surface area (Å²) in [6.45, 7) is -1.53. The number of halogens is 9. The van der Waals surface area contributed by atoms with Crippen molar-refractivity contribution in [2.45, 2.75) is 36.7 Å². The molecule has 4 nitrogen and oxygen atoms in total. The van der Waals surface area contributed by atoms with Crippen LogP contribution in [0.3, 0.4) is 0 Å². The lowest BCUT2D eigenvalue weighted by Crippen LogP contribution is -2.50. The van der Waals surface area contributed by atoms with Gasteiger partial charge in [0.05, 0.1) is 11.5 Å². The van der Waals surface area contributed by atoms with Crippen LogP contribution in [-0.4, -0.2) is 36.3 Å². The van der Waals surface area contributed by atoms with E-state index in [1.54, 1.807) is 5.32 Å². The molecule has 1 fully saturated rings. The van der Waals surface area contributed by atoms with Crippen LogP contribution in [0.1, 0.15) is 40.2 Å². The second-order valence-electron chi connectivity index (χ2n) is 8.15. The maximum Gasteiger partial charge on any atom is 0.405 e. The quantitative estimate of drug-likeness (QED) is 0.331. The SMILES string of the molecule is O=C(NC1(C(=O)NCC(F)(F)F)CC1)c1ccc(C=CC(c2cc(F)cc(Br)c2)C(F)(F)F)cc1Br. The van der Waals surface area contributed by atoms with Gasteiger partial charge in [-0.2, -0.15) is 26.3 Å². The summed E-state index contributed by atoms with van der Waals surface area (Å²) in [4.78, 5) is 24.7. The Kier molecular flexibility index (Phi) is 8.23. The molecular formula is C23H17Br2F7N2O2. The molecule has 194 valence electrons. The first-order valence-electron chi connectivity index (χ1n) is 10.3. The number of carbonyl (C=O) groups is 2. The summed E-state index contributed by atoms with van der Waals surface area (Å²) >= 11 is 6.13. The summed E-state index contributed by atoms with van der Waals surface area (Å²) < 4.78 is 91.9. The minimum Gasteiger partial charge on any atom is -0.345 e. The molecule has 0 heterocycles. The Morgan fingerprint density at radius 2 is 1.69 bits per heavy atom. The van der Waals surface area contributed by atoms with Crippen molar-refractivity contribution >= 4 is 49.8 Å². The fraction of sp³-hybridized carbons (Fsp3) is 0.304. The van der Waals surface area contributed by atoms with Gasteiger partial charge in [0, 0.05) is 8.95 Å². The summed E-state index contributed by atoms with van der Waals surface area (Å²) in [7, 11) is 0. The molecule has 0 spiro atoms. The maximum atomic E-state index is 13.6. The molecule has 0 bridgehead atoms. The van der Waals surface area contributed by atoms with Crippen molar-refractivity contribution in [1.82, 2.24) is 10.6 Å². The van der Waals surface area contributed by atoms with Crippen LogP contribution in [0.4, 0.5) is 30.7 Å². The molecule has 1 aliphatic rings. The van der Waals surface area contributed by atoms with E-state index in [2.05, 4.69) is 37.2 Å². The average Bonchev–Trinajstić information content (AvgIpc) is 3.50. The van der Waals surface area contributed by atoms with E-state index in [1.165, 1.54) is 18.2 Å². The smallest absolute Gasteiger partial charge is 0.345 e. The van der Waals surface area contributed by atoms with Gasteiger partial charge in [-0.3, -0.25) is 9.59 Å². The molecule has 1 saturated carbocycles. The largest absolute Gasteiger partial charge is 0.405 e. The fourth-order valence-corrected chi connectivity index (χ4v) is 4.42. The standard InChI is InChI=1S/C23H17Br2F7N2O2/c24-14-8-13(9-15(26)10-14)17(23(30,31)32)4-2-12-1-3-16(18(25)7-12)19(35)34-21(5-6-21)20(36)33-11-22(27,28)29/h1-4,7-10,17H,5-6,11H2,(H,33,36)(H,34,35). The van der Waals surface area contributed by atoms with Crippen LogP contribution >= 0.6 is 31.9 Å². The van der Waals surface area contributed by atoms with Crippen LogP contribution in [0.25, 0.3) is 6.08 Å². The summed E-state index contributed by atoms with van der Waals surface area (Å²) in [6.07, 6.45) is -6.96. The van der Waals surface area contributed by atoms with E-state index in [4.69, 9.17) is 0 Å². The molecule has 2 amide bonds. The first-order valence-corrected chi connectivity index (χ1v) is 11.9. The molecule has 2 N–H and O–H groups in total. The monoisotopic (exact) mass is 644 g/mol. The Morgan fingerprint density at radius 3 is 2.22 bits per heavy atom. The predicted octanol–water partition coefficient (Wildman–Crippen LogP) is 6.65. The maximum absolute atomic E-state index is 13.6. The summed E-state index contributed by atoms with van der Waals surface area (Å²) in [6, 6.07) is 7.00. The number of hydrogen-bond donors (Lipinski definition) is 2. The Morgan fingerprint density at radius 1 is 1.03 bits per heavy atom. The van der Waals surface area contributed by atoms with Gasteiger partial charge < -0.3 is 10.6 Å². The molecule has 1 unspecified atom stereocenters. The zero-order chi connectivity index (χ0) is 26.9. The van der Waals surface area contributed by atoms with E-state index in [0.717, 1.165) is 30.4 Å². The van der Waals surface area contributed by atoms with E-state index in [1.807, 2.05) is 0 Å².